The molecule has 0 amide bonds. The van der Waals surface area contributed by atoms with Crippen molar-refractivity contribution in [2.45, 2.75) is 20.3 Å². The maximum Gasteiger partial charge on any atom is 0.175 e. The molecule has 6 heteroatoms. The van der Waals surface area contributed by atoms with Crippen molar-refractivity contribution in [2.24, 2.45) is 5.92 Å². The van der Waals surface area contributed by atoms with Crippen LogP contribution in [0.5, 0.6) is 0 Å². The van der Waals surface area contributed by atoms with E-state index in [1.54, 1.807) is 12.4 Å². The first-order chi connectivity index (χ1) is 8.08. The molecule has 90 valence electrons. The molecular formula is C11H13BrN4S. The second-order valence-corrected chi connectivity index (χ2v) is 5.40. The lowest BCUT2D eigenvalue weighted by Crippen LogP contribution is -2.03. The summed E-state index contributed by atoms with van der Waals surface area (Å²) < 4.78 is 1.43. The quantitative estimate of drug-likeness (QED) is 0.853. The van der Waals surface area contributed by atoms with Crippen molar-refractivity contribution in [3.8, 4) is 11.6 Å². The maximum atomic E-state index is 5.24. The number of imidazole rings is 1. The summed E-state index contributed by atoms with van der Waals surface area (Å²) in [6.45, 7) is 4.33. The molecule has 0 saturated heterocycles. The van der Waals surface area contributed by atoms with Crippen molar-refractivity contribution < 1.29 is 0 Å². The van der Waals surface area contributed by atoms with Gasteiger partial charge < -0.3 is 9.97 Å². The van der Waals surface area contributed by atoms with E-state index in [-0.39, 0.29) is 0 Å². The Morgan fingerprint density at radius 1 is 1.41 bits per heavy atom. The molecule has 0 aliphatic carbocycles. The zero-order valence-electron chi connectivity index (χ0n) is 9.62. The topological polar surface area (TPSA) is 57.4 Å². The first-order valence-electron chi connectivity index (χ1n) is 5.36. The van der Waals surface area contributed by atoms with Crippen LogP contribution >= 0.6 is 28.1 Å². The predicted molar refractivity (Wildman–Crippen MR) is 73.2 cm³/mol. The molecule has 4 nitrogen and oxygen atoms in total. The predicted octanol–water partition coefficient (Wildman–Crippen LogP) is 3.49. The average Bonchev–Trinajstić information content (AvgIpc) is 2.77. The van der Waals surface area contributed by atoms with Gasteiger partial charge in [0.2, 0.25) is 0 Å². The minimum absolute atomic E-state index is 0.545. The number of aromatic amines is 2. The van der Waals surface area contributed by atoms with Crippen LogP contribution in [0.15, 0.2) is 16.9 Å². The van der Waals surface area contributed by atoms with Gasteiger partial charge in [-0.15, -0.1) is 0 Å². The number of halogens is 1. The molecule has 2 aromatic heterocycles. The van der Waals surface area contributed by atoms with Crippen LogP contribution in [0.4, 0.5) is 0 Å². The zero-order valence-corrected chi connectivity index (χ0v) is 12.0. The zero-order chi connectivity index (χ0) is 12.4. The van der Waals surface area contributed by atoms with Crippen LogP contribution in [0.2, 0.25) is 0 Å². The summed E-state index contributed by atoms with van der Waals surface area (Å²) in [4.78, 5) is 14.8. The largest absolute Gasteiger partial charge is 0.342 e. The van der Waals surface area contributed by atoms with Gasteiger partial charge in [0.25, 0.3) is 0 Å². The smallest absolute Gasteiger partial charge is 0.175 e. The SMILES string of the molecule is CC(C)Cc1[nH]c(-c2ncc[nH]2)nc(=S)c1Br. The van der Waals surface area contributed by atoms with Crippen LogP contribution in [-0.2, 0) is 6.42 Å². The Bertz CT molecular complexity index is 559. The van der Waals surface area contributed by atoms with Crippen molar-refractivity contribution in [1.82, 2.24) is 19.9 Å². The molecule has 0 saturated carbocycles. The van der Waals surface area contributed by atoms with Crippen LogP contribution in [0, 0.1) is 10.6 Å². The normalized spacial score (nSPS) is 11.1. The fourth-order valence-electron chi connectivity index (χ4n) is 1.56. The van der Waals surface area contributed by atoms with Crippen LogP contribution in [-0.4, -0.2) is 19.9 Å². The molecule has 0 unspecified atom stereocenters. The van der Waals surface area contributed by atoms with E-state index in [1.165, 1.54) is 0 Å². The van der Waals surface area contributed by atoms with Crippen LogP contribution in [0.25, 0.3) is 11.6 Å². The number of rotatable bonds is 3. The molecule has 0 spiro atoms. The summed E-state index contributed by atoms with van der Waals surface area (Å²) in [5, 5.41) is 0. The average molecular weight is 313 g/mol. The highest BCUT2D eigenvalue weighted by Gasteiger charge is 2.10. The van der Waals surface area contributed by atoms with Gasteiger partial charge in [-0.1, -0.05) is 26.1 Å². The van der Waals surface area contributed by atoms with Crippen LogP contribution < -0.4 is 0 Å². The molecule has 0 radical (unpaired) electrons. The van der Waals surface area contributed by atoms with Crippen LogP contribution in [0.3, 0.4) is 0 Å². The molecular weight excluding hydrogens is 300 g/mol. The molecule has 2 heterocycles. The molecule has 0 aromatic carbocycles. The third-order valence-electron chi connectivity index (χ3n) is 2.27. The Labute approximate surface area is 113 Å². The highest BCUT2D eigenvalue weighted by molar-refractivity contribution is 9.10. The molecule has 0 fully saturated rings. The molecule has 0 atom stereocenters. The van der Waals surface area contributed by atoms with E-state index in [1.807, 2.05) is 0 Å². The lowest BCUT2D eigenvalue weighted by Gasteiger charge is -2.09. The summed E-state index contributed by atoms with van der Waals surface area (Å²) in [5.74, 6) is 1.93. The number of nitrogens with one attached hydrogen (secondary N) is 2. The van der Waals surface area contributed by atoms with E-state index in [0.717, 1.165) is 16.6 Å². The summed E-state index contributed by atoms with van der Waals surface area (Å²) in [6, 6.07) is 0. The molecule has 2 aromatic rings. The van der Waals surface area contributed by atoms with E-state index >= 15 is 0 Å². The summed E-state index contributed by atoms with van der Waals surface area (Å²) in [7, 11) is 0. The van der Waals surface area contributed by atoms with Crippen molar-refractivity contribution in [2.75, 3.05) is 0 Å². The maximum absolute atomic E-state index is 5.24. The number of hydrogen-bond donors (Lipinski definition) is 2. The number of nitrogens with zero attached hydrogens (tertiary/aromatic N) is 2. The molecule has 0 bridgehead atoms. The highest BCUT2D eigenvalue weighted by Crippen LogP contribution is 2.21. The Hall–Kier alpha value is -1.01. The third-order valence-corrected chi connectivity index (χ3v) is 3.68. The summed E-state index contributed by atoms with van der Waals surface area (Å²) in [6.07, 6.45) is 4.37. The van der Waals surface area contributed by atoms with E-state index in [9.17, 15) is 0 Å². The van der Waals surface area contributed by atoms with E-state index in [0.29, 0.717) is 22.2 Å². The lowest BCUT2D eigenvalue weighted by molar-refractivity contribution is 0.631. The molecule has 0 aliphatic heterocycles. The first-order valence-corrected chi connectivity index (χ1v) is 6.56. The van der Waals surface area contributed by atoms with E-state index in [2.05, 4.69) is 49.7 Å². The fraction of sp³-hybridized carbons (Fsp3) is 0.364. The molecule has 2 N–H and O–H groups in total. The summed E-state index contributed by atoms with van der Waals surface area (Å²) >= 11 is 8.71. The Balaban J connectivity index is 2.50. The lowest BCUT2D eigenvalue weighted by atomic mass is 10.1. The van der Waals surface area contributed by atoms with Crippen LogP contribution in [0.1, 0.15) is 19.5 Å². The van der Waals surface area contributed by atoms with E-state index in [4.69, 9.17) is 12.2 Å². The highest BCUT2D eigenvalue weighted by atomic mass is 79.9. The molecule has 0 aliphatic rings. The number of H-pyrrole nitrogens is 2. The van der Waals surface area contributed by atoms with Gasteiger partial charge >= 0.3 is 0 Å². The Kier molecular flexibility index (Phi) is 3.73. The monoisotopic (exact) mass is 312 g/mol. The minimum atomic E-state index is 0.545. The van der Waals surface area contributed by atoms with Gasteiger partial charge in [-0.2, -0.15) is 0 Å². The fourth-order valence-corrected chi connectivity index (χ4v) is 2.13. The number of hydrogen-bond acceptors (Lipinski definition) is 3. The van der Waals surface area contributed by atoms with Gasteiger partial charge in [0.05, 0.1) is 4.47 Å². The number of aromatic nitrogens is 4. The molecule has 17 heavy (non-hydrogen) atoms. The third kappa shape index (κ3) is 2.81. The second kappa shape index (κ2) is 5.10. The first kappa shape index (κ1) is 12.4. The van der Waals surface area contributed by atoms with Crippen molar-refractivity contribution in [3.05, 3.63) is 27.2 Å². The van der Waals surface area contributed by atoms with Gasteiger partial charge in [-0.25, -0.2) is 9.97 Å². The second-order valence-electron chi connectivity index (χ2n) is 4.22. The van der Waals surface area contributed by atoms with Gasteiger partial charge in [0.15, 0.2) is 11.6 Å². The van der Waals surface area contributed by atoms with Gasteiger partial charge in [-0.3, -0.25) is 0 Å². The Morgan fingerprint density at radius 2 is 2.18 bits per heavy atom. The standard InChI is InChI=1S/C11H13BrN4S/c1-6(2)5-7-8(12)11(17)16-10(15-7)9-13-3-4-14-9/h3-4,6H,5H2,1-2H3,(H,13,14)(H,15,16,17). The Morgan fingerprint density at radius 3 is 2.76 bits per heavy atom. The summed E-state index contributed by atoms with van der Waals surface area (Å²) in [5.41, 5.74) is 1.06. The van der Waals surface area contributed by atoms with Gasteiger partial charge in [-0.05, 0) is 28.3 Å². The van der Waals surface area contributed by atoms with Gasteiger partial charge in [0, 0.05) is 18.1 Å². The van der Waals surface area contributed by atoms with Crippen molar-refractivity contribution >= 4 is 28.1 Å². The minimum Gasteiger partial charge on any atom is -0.342 e. The van der Waals surface area contributed by atoms with Gasteiger partial charge in [0.1, 0.15) is 4.64 Å². The molecule has 2 rings (SSSR count). The van der Waals surface area contributed by atoms with Crippen molar-refractivity contribution in [3.63, 3.8) is 0 Å². The van der Waals surface area contributed by atoms with Crippen molar-refractivity contribution in [1.29, 1.82) is 0 Å². The van der Waals surface area contributed by atoms with E-state index < -0.39 is 0 Å².